The summed E-state index contributed by atoms with van der Waals surface area (Å²) < 4.78 is 6.79. The molecule has 8 heteroatoms. The fourth-order valence-electron chi connectivity index (χ4n) is 1.79. The van der Waals surface area contributed by atoms with E-state index in [-0.39, 0.29) is 0 Å². The third kappa shape index (κ3) is 1.97. The van der Waals surface area contributed by atoms with Crippen LogP contribution in [0.3, 0.4) is 0 Å². The maximum atomic E-state index is 5.85. The zero-order valence-corrected chi connectivity index (χ0v) is 9.73. The predicted octanol–water partition coefficient (Wildman–Crippen LogP) is -0.524. The molecule has 3 rings (SSSR count). The number of rotatable bonds is 2. The van der Waals surface area contributed by atoms with Gasteiger partial charge >= 0.3 is 0 Å². The van der Waals surface area contributed by atoms with Gasteiger partial charge in [0.1, 0.15) is 6.33 Å². The van der Waals surface area contributed by atoms with Crippen LogP contribution < -0.4 is 10.6 Å². The first-order chi connectivity index (χ1) is 8.84. The highest BCUT2D eigenvalue weighted by Crippen LogP contribution is 2.15. The summed E-state index contributed by atoms with van der Waals surface area (Å²) in [6, 6.07) is 1.73. The molecule has 0 radical (unpaired) electrons. The summed E-state index contributed by atoms with van der Waals surface area (Å²) in [5, 5.41) is 4.36. The maximum Gasteiger partial charge on any atom is 0.247 e. The van der Waals surface area contributed by atoms with Gasteiger partial charge in [0.15, 0.2) is 5.82 Å². The summed E-state index contributed by atoms with van der Waals surface area (Å²) in [5.41, 5.74) is 5.85. The van der Waals surface area contributed by atoms with Gasteiger partial charge in [0, 0.05) is 25.4 Å². The number of morpholine rings is 1. The molecule has 2 aromatic heterocycles. The first kappa shape index (κ1) is 10.9. The lowest BCUT2D eigenvalue weighted by Gasteiger charge is -2.25. The lowest BCUT2D eigenvalue weighted by molar-refractivity contribution is 0.122. The van der Waals surface area contributed by atoms with Crippen LogP contribution in [0.2, 0.25) is 0 Å². The highest BCUT2D eigenvalue weighted by molar-refractivity contribution is 5.40. The molecule has 18 heavy (non-hydrogen) atoms. The maximum absolute atomic E-state index is 5.85. The highest BCUT2D eigenvalue weighted by atomic mass is 16.5. The minimum Gasteiger partial charge on any atom is -0.378 e. The van der Waals surface area contributed by atoms with Crippen LogP contribution in [0.1, 0.15) is 0 Å². The molecule has 0 bridgehead atoms. The van der Waals surface area contributed by atoms with Gasteiger partial charge in [-0.2, -0.15) is 9.67 Å². The minimum atomic E-state index is 0.315. The Kier molecular flexibility index (Phi) is 2.77. The van der Waals surface area contributed by atoms with Crippen LogP contribution in [0, 0.1) is 0 Å². The quantitative estimate of drug-likeness (QED) is 0.762. The lowest BCUT2D eigenvalue weighted by atomic mass is 10.4. The molecular weight excluding hydrogens is 234 g/mol. The van der Waals surface area contributed by atoms with Gasteiger partial charge in [-0.25, -0.2) is 9.97 Å². The van der Waals surface area contributed by atoms with Crippen LogP contribution >= 0.6 is 0 Å². The average Bonchev–Trinajstić information content (AvgIpc) is 2.83. The first-order valence-electron chi connectivity index (χ1n) is 5.66. The van der Waals surface area contributed by atoms with Gasteiger partial charge in [-0.05, 0) is 0 Å². The average molecular weight is 247 g/mol. The van der Waals surface area contributed by atoms with Gasteiger partial charge in [0.2, 0.25) is 11.9 Å². The standard InChI is InChI=1S/C10H13N7O/c11-9-14-10(16-3-5-18-6-4-16)15-17(9)8-1-2-12-7-13-8/h1-2,7H,3-6H2,(H2,11,14,15). The number of nitrogens with zero attached hydrogens (tertiary/aromatic N) is 6. The van der Waals surface area contributed by atoms with Crippen molar-refractivity contribution in [3.05, 3.63) is 18.6 Å². The van der Waals surface area contributed by atoms with Crippen molar-refractivity contribution in [1.82, 2.24) is 24.7 Å². The van der Waals surface area contributed by atoms with Crippen LogP contribution in [0.4, 0.5) is 11.9 Å². The van der Waals surface area contributed by atoms with Crippen LogP contribution in [0.15, 0.2) is 18.6 Å². The molecule has 0 aliphatic carbocycles. The fourth-order valence-corrected chi connectivity index (χ4v) is 1.79. The van der Waals surface area contributed by atoms with Crippen molar-refractivity contribution in [3.63, 3.8) is 0 Å². The van der Waals surface area contributed by atoms with Gasteiger partial charge in [-0.15, -0.1) is 5.10 Å². The van der Waals surface area contributed by atoms with Crippen LogP contribution in [0.5, 0.6) is 0 Å². The summed E-state index contributed by atoms with van der Waals surface area (Å²) in [4.78, 5) is 14.2. The first-order valence-corrected chi connectivity index (χ1v) is 5.66. The predicted molar refractivity (Wildman–Crippen MR) is 64.4 cm³/mol. The van der Waals surface area contributed by atoms with E-state index in [2.05, 4.69) is 20.1 Å². The lowest BCUT2D eigenvalue weighted by Crippen LogP contribution is -2.37. The molecule has 0 amide bonds. The van der Waals surface area contributed by atoms with Crippen molar-refractivity contribution in [2.24, 2.45) is 0 Å². The van der Waals surface area contributed by atoms with Gasteiger partial charge in [-0.1, -0.05) is 0 Å². The van der Waals surface area contributed by atoms with E-state index in [1.165, 1.54) is 11.0 Å². The zero-order chi connectivity index (χ0) is 12.4. The molecule has 1 fully saturated rings. The van der Waals surface area contributed by atoms with Crippen molar-refractivity contribution in [3.8, 4) is 5.82 Å². The second-order valence-electron chi connectivity index (χ2n) is 3.85. The summed E-state index contributed by atoms with van der Waals surface area (Å²) in [5.74, 6) is 1.53. The van der Waals surface area contributed by atoms with Crippen molar-refractivity contribution in [2.75, 3.05) is 36.9 Å². The Hall–Kier alpha value is -2.22. The van der Waals surface area contributed by atoms with E-state index in [1.807, 2.05) is 4.90 Å². The van der Waals surface area contributed by atoms with Crippen molar-refractivity contribution >= 4 is 11.9 Å². The summed E-state index contributed by atoms with van der Waals surface area (Å²) in [6.45, 7) is 2.91. The third-order valence-corrected chi connectivity index (χ3v) is 2.70. The molecule has 1 saturated heterocycles. The fraction of sp³-hybridized carbons (Fsp3) is 0.400. The van der Waals surface area contributed by atoms with E-state index in [1.54, 1.807) is 12.3 Å². The summed E-state index contributed by atoms with van der Waals surface area (Å²) in [7, 11) is 0. The Morgan fingerprint density at radius 2 is 2.11 bits per heavy atom. The Bertz CT molecular complexity index is 520. The molecule has 0 saturated carbocycles. The van der Waals surface area contributed by atoms with Gasteiger partial charge in [0.25, 0.3) is 0 Å². The van der Waals surface area contributed by atoms with Crippen molar-refractivity contribution < 1.29 is 4.74 Å². The Labute approximate surface area is 103 Å². The van der Waals surface area contributed by atoms with Crippen LogP contribution in [-0.4, -0.2) is 51.0 Å². The molecule has 94 valence electrons. The van der Waals surface area contributed by atoms with E-state index in [0.29, 0.717) is 30.9 Å². The number of ether oxygens (including phenoxy) is 1. The second-order valence-corrected chi connectivity index (χ2v) is 3.85. The van der Waals surface area contributed by atoms with E-state index < -0.39 is 0 Å². The van der Waals surface area contributed by atoms with Crippen molar-refractivity contribution in [1.29, 1.82) is 0 Å². The molecule has 3 heterocycles. The van der Waals surface area contributed by atoms with Crippen molar-refractivity contribution in [2.45, 2.75) is 0 Å². The smallest absolute Gasteiger partial charge is 0.247 e. The SMILES string of the molecule is Nc1nc(N2CCOCC2)nn1-c1ccncn1. The number of aromatic nitrogens is 5. The Balaban J connectivity index is 1.91. The molecule has 2 aromatic rings. The van der Waals surface area contributed by atoms with Gasteiger partial charge < -0.3 is 15.4 Å². The van der Waals surface area contributed by atoms with E-state index in [4.69, 9.17) is 10.5 Å². The van der Waals surface area contributed by atoms with E-state index in [0.717, 1.165) is 13.1 Å². The van der Waals surface area contributed by atoms with Gasteiger partial charge in [0.05, 0.1) is 13.2 Å². The second kappa shape index (κ2) is 4.57. The summed E-state index contributed by atoms with van der Waals surface area (Å²) in [6.07, 6.45) is 3.09. The molecule has 1 aliphatic heterocycles. The van der Waals surface area contributed by atoms with Crippen LogP contribution in [-0.2, 0) is 4.74 Å². The topological polar surface area (TPSA) is 95.0 Å². The molecule has 0 spiro atoms. The molecular formula is C10H13N7O. The Morgan fingerprint density at radius 1 is 1.28 bits per heavy atom. The van der Waals surface area contributed by atoms with E-state index in [9.17, 15) is 0 Å². The monoisotopic (exact) mass is 247 g/mol. The number of nitrogens with two attached hydrogens (primary N) is 1. The van der Waals surface area contributed by atoms with E-state index >= 15 is 0 Å². The molecule has 0 aromatic carbocycles. The third-order valence-electron chi connectivity index (χ3n) is 2.70. The van der Waals surface area contributed by atoms with Crippen LogP contribution in [0.25, 0.3) is 5.82 Å². The molecule has 2 N–H and O–H groups in total. The number of nitrogen functional groups attached to an aromatic ring is 1. The Morgan fingerprint density at radius 3 is 2.83 bits per heavy atom. The summed E-state index contributed by atoms with van der Waals surface area (Å²) >= 11 is 0. The minimum absolute atomic E-state index is 0.315. The largest absolute Gasteiger partial charge is 0.378 e. The molecule has 0 unspecified atom stereocenters. The highest BCUT2D eigenvalue weighted by Gasteiger charge is 2.18. The molecule has 1 aliphatic rings. The van der Waals surface area contributed by atoms with Gasteiger partial charge in [-0.3, -0.25) is 0 Å². The number of anilines is 2. The molecule has 0 atom stereocenters. The zero-order valence-electron chi connectivity index (χ0n) is 9.73. The molecule has 8 nitrogen and oxygen atoms in total. The normalized spacial score (nSPS) is 15.9. The number of hydrogen-bond donors (Lipinski definition) is 1. The number of hydrogen-bond acceptors (Lipinski definition) is 7.